The van der Waals surface area contributed by atoms with E-state index >= 15 is 0 Å². The Kier molecular flexibility index (Phi) is 4.27. The van der Waals surface area contributed by atoms with Gasteiger partial charge in [0.25, 0.3) is 0 Å². The monoisotopic (exact) mass is 324 g/mol. The van der Waals surface area contributed by atoms with Crippen molar-refractivity contribution in [3.05, 3.63) is 52.3 Å². The van der Waals surface area contributed by atoms with Crippen LogP contribution in [0.15, 0.2) is 40.9 Å². The fourth-order valence-corrected chi connectivity index (χ4v) is 2.13. The summed E-state index contributed by atoms with van der Waals surface area (Å²) >= 11 is 3.32. The molecular weight excluding hydrogens is 311 g/mol. The zero-order valence-corrected chi connectivity index (χ0v) is 12.0. The predicted octanol–water partition coefficient (Wildman–Crippen LogP) is 3.79. The number of anilines is 2. The summed E-state index contributed by atoms with van der Waals surface area (Å²) in [6.45, 7) is 0.373. The minimum atomic E-state index is -0.244. The normalized spacial score (nSPS) is 10.3. The van der Waals surface area contributed by atoms with E-state index in [2.05, 4.69) is 21.2 Å². The van der Waals surface area contributed by atoms with Crippen molar-refractivity contribution in [1.82, 2.24) is 0 Å². The minimum absolute atomic E-state index is 0.244. The Labute approximate surface area is 119 Å². The smallest absolute Gasteiger partial charge is 0.128 e. The molecule has 0 radical (unpaired) electrons. The Hall–Kier alpha value is -1.75. The van der Waals surface area contributed by atoms with Crippen LogP contribution in [-0.4, -0.2) is 7.11 Å². The molecule has 0 aliphatic heterocycles. The van der Waals surface area contributed by atoms with Crippen LogP contribution in [0.3, 0.4) is 0 Å². The molecule has 0 heterocycles. The highest BCUT2D eigenvalue weighted by Gasteiger charge is 2.04. The van der Waals surface area contributed by atoms with Gasteiger partial charge in [-0.25, -0.2) is 4.39 Å². The van der Waals surface area contributed by atoms with Crippen LogP contribution in [0.4, 0.5) is 15.8 Å². The van der Waals surface area contributed by atoms with Gasteiger partial charge in [-0.15, -0.1) is 0 Å². The SMILES string of the molecule is COc1cc(N)cc(NCc2cc(Br)ccc2F)c1. The van der Waals surface area contributed by atoms with Gasteiger partial charge in [-0.1, -0.05) is 15.9 Å². The van der Waals surface area contributed by atoms with E-state index in [9.17, 15) is 4.39 Å². The quantitative estimate of drug-likeness (QED) is 0.841. The maximum Gasteiger partial charge on any atom is 0.128 e. The first kappa shape index (κ1) is 13.7. The van der Waals surface area contributed by atoms with Crippen molar-refractivity contribution < 1.29 is 9.13 Å². The molecule has 2 aromatic rings. The average Bonchev–Trinajstić information content (AvgIpc) is 2.39. The summed E-state index contributed by atoms with van der Waals surface area (Å²) in [6, 6.07) is 10.2. The van der Waals surface area contributed by atoms with E-state index < -0.39 is 0 Å². The Morgan fingerprint density at radius 1 is 1.26 bits per heavy atom. The first-order valence-corrected chi connectivity index (χ1v) is 6.50. The number of ether oxygens (including phenoxy) is 1. The number of rotatable bonds is 4. The third-order valence-corrected chi connectivity index (χ3v) is 3.15. The third-order valence-electron chi connectivity index (χ3n) is 2.66. The number of methoxy groups -OCH3 is 1. The van der Waals surface area contributed by atoms with Gasteiger partial charge in [0.1, 0.15) is 11.6 Å². The van der Waals surface area contributed by atoms with E-state index in [1.54, 1.807) is 31.4 Å². The molecule has 0 saturated carbocycles. The van der Waals surface area contributed by atoms with Crippen LogP contribution < -0.4 is 15.8 Å². The number of nitrogen functional groups attached to an aromatic ring is 1. The van der Waals surface area contributed by atoms with Crippen molar-refractivity contribution >= 4 is 27.3 Å². The maximum atomic E-state index is 13.6. The number of nitrogens with two attached hydrogens (primary N) is 1. The van der Waals surface area contributed by atoms with Crippen LogP contribution >= 0.6 is 15.9 Å². The molecule has 0 saturated heterocycles. The highest BCUT2D eigenvalue weighted by molar-refractivity contribution is 9.10. The van der Waals surface area contributed by atoms with Gasteiger partial charge in [-0.05, 0) is 24.3 Å². The predicted molar refractivity (Wildman–Crippen MR) is 78.8 cm³/mol. The van der Waals surface area contributed by atoms with Gasteiger partial charge in [-0.3, -0.25) is 0 Å². The van der Waals surface area contributed by atoms with Crippen molar-refractivity contribution in [2.24, 2.45) is 0 Å². The summed E-state index contributed by atoms with van der Waals surface area (Å²) in [4.78, 5) is 0. The topological polar surface area (TPSA) is 47.3 Å². The Morgan fingerprint density at radius 3 is 2.79 bits per heavy atom. The van der Waals surface area contributed by atoms with E-state index in [0.717, 1.165) is 10.2 Å². The zero-order chi connectivity index (χ0) is 13.8. The lowest BCUT2D eigenvalue weighted by molar-refractivity contribution is 0.415. The van der Waals surface area contributed by atoms with Crippen molar-refractivity contribution in [2.75, 3.05) is 18.2 Å². The summed E-state index contributed by atoms with van der Waals surface area (Å²) in [5.74, 6) is 0.420. The maximum absolute atomic E-state index is 13.6. The van der Waals surface area contributed by atoms with Crippen LogP contribution in [-0.2, 0) is 6.54 Å². The molecule has 0 aliphatic rings. The van der Waals surface area contributed by atoms with Crippen LogP contribution in [0.25, 0.3) is 0 Å². The lowest BCUT2D eigenvalue weighted by atomic mass is 10.2. The van der Waals surface area contributed by atoms with Crippen LogP contribution in [0.5, 0.6) is 5.75 Å². The molecular formula is C14H14BrFN2O. The average molecular weight is 325 g/mol. The first-order valence-electron chi connectivity index (χ1n) is 5.71. The number of hydrogen-bond donors (Lipinski definition) is 2. The summed E-state index contributed by atoms with van der Waals surface area (Å²) < 4.78 is 19.6. The molecule has 2 aromatic carbocycles. The second-order valence-electron chi connectivity index (χ2n) is 4.08. The Bertz CT molecular complexity index is 590. The Morgan fingerprint density at radius 2 is 2.05 bits per heavy atom. The van der Waals surface area contributed by atoms with Crippen molar-refractivity contribution in [1.29, 1.82) is 0 Å². The van der Waals surface area contributed by atoms with Gasteiger partial charge in [0.05, 0.1) is 7.11 Å². The summed E-state index contributed by atoms with van der Waals surface area (Å²) in [5, 5.41) is 3.12. The zero-order valence-electron chi connectivity index (χ0n) is 10.4. The third kappa shape index (κ3) is 3.61. The molecule has 0 spiro atoms. The molecule has 0 amide bonds. The molecule has 5 heteroatoms. The van der Waals surface area contributed by atoms with E-state index in [1.807, 2.05) is 6.07 Å². The summed E-state index contributed by atoms with van der Waals surface area (Å²) in [7, 11) is 1.58. The van der Waals surface area contributed by atoms with Crippen molar-refractivity contribution in [3.8, 4) is 5.75 Å². The van der Waals surface area contributed by atoms with E-state index in [0.29, 0.717) is 23.5 Å². The molecule has 0 aromatic heterocycles. The standard InChI is InChI=1S/C14H14BrFN2O/c1-19-13-6-11(17)5-12(7-13)18-8-9-4-10(15)2-3-14(9)16/h2-7,18H,8,17H2,1H3. The van der Waals surface area contributed by atoms with Gasteiger partial charge in [0.2, 0.25) is 0 Å². The van der Waals surface area contributed by atoms with E-state index in [-0.39, 0.29) is 5.82 Å². The van der Waals surface area contributed by atoms with Gasteiger partial charge in [-0.2, -0.15) is 0 Å². The van der Waals surface area contributed by atoms with Gasteiger partial charge in [0, 0.05) is 40.1 Å². The second kappa shape index (κ2) is 5.93. The minimum Gasteiger partial charge on any atom is -0.497 e. The molecule has 0 unspecified atom stereocenters. The highest BCUT2D eigenvalue weighted by Crippen LogP contribution is 2.23. The number of halogens is 2. The molecule has 0 fully saturated rings. The van der Waals surface area contributed by atoms with Gasteiger partial charge >= 0.3 is 0 Å². The lowest BCUT2D eigenvalue weighted by Gasteiger charge is -2.10. The largest absolute Gasteiger partial charge is 0.497 e. The molecule has 2 rings (SSSR count). The molecule has 0 atom stereocenters. The molecule has 3 nitrogen and oxygen atoms in total. The fourth-order valence-electron chi connectivity index (χ4n) is 1.72. The summed E-state index contributed by atoms with van der Waals surface area (Å²) in [5.41, 5.74) is 7.72. The first-order chi connectivity index (χ1) is 9.08. The Balaban J connectivity index is 2.14. The van der Waals surface area contributed by atoms with E-state index in [4.69, 9.17) is 10.5 Å². The van der Waals surface area contributed by atoms with Crippen LogP contribution in [0.1, 0.15) is 5.56 Å². The van der Waals surface area contributed by atoms with Gasteiger partial charge in [0.15, 0.2) is 0 Å². The molecule has 19 heavy (non-hydrogen) atoms. The van der Waals surface area contributed by atoms with Crippen LogP contribution in [0.2, 0.25) is 0 Å². The van der Waals surface area contributed by atoms with E-state index in [1.165, 1.54) is 6.07 Å². The van der Waals surface area contributed by atoms with Crippen molar-refractivity contribution in [3.63, 3.8) is 0 Å². The number of hydrogen-bond acceptors (Lipinski definition) is 3. The van der Waals surface area contributed by atoms with Gasteiger partial charge < -0.3 is 15.8 Å². The van der Waals surface area contributed by atoms with Crippen LogP contribution in [0, 0.1) is 5.82 Å². The fraction of sp³-hybridized carbons (Fsp3) is 0.143. The molecule has 100 valence electrons. The highest BCUT2D eigenvalue weighted by atomic mass is 79.9. The molecule has 0 bridgehead atoms. The number of benzene rings is 2. The molecule has 3 N–H and O–H groups in total. The lowest BCUT2D eigenvalue weighted by Crippen LogP contribution is -2.02. The van der Waals surface area contributed by atoms with Crippen molar-refractivity contribution in [2.45, 2.75) is 6.54 Å². The number of nitrogens with one attached hydrogen (secondary N) is 1. The molecule has 0 aliphatic carbocycles. The second-order valence-corrected chi connectivity index (χ2v) is 5.00. The summed E-state index contributed by atoms with van der Waals surface area (Å²) in [6.07, 6.45) is 0.